The predicted octanol–water partition coefficient (Wildman–Crippen LogP) is 6.32. The second kappa shape index (κ2) is 6.96. The minimum absolute atomic E-state index is 0.000555. The standard InChI is InChI=1S/C30H48O3/c1-25(2)12-14-30(18-31)15-13-28(6)19(20(30)16-25)8-9-23-27(5)17-21(32)24(33)26(3,4)22(27)10-11-29(23,28)7/h16,19,21-23,31-32H,8-15,17-18H2,1-7H3/t19-,21-,22+,23-,27+,28-,29-,30-/m1/s1. The molecule has 0 aromatic rings. The number of carbonyl (C=O) groups excluding carboxylic acids is 1. The molecule has 5 rings (SSSR count). The lowest BCUT2D eigenvalue weighted by Crippen LogP contribution is -2.67. The zero-order valence-corrected chi connectivity index (χ0v) is 22.3. The molecule has 2 N–H and O–H groups in total. The molecule has 4 saturated carbocycles. The van der Waals surface area contributed by atoms with E-state index in [4.69, 9.17) is 0 Å². The fraction of sp³-hybridized carbons (Fsp3) is 0.900. The van der Waals surface area contributed by atoms with Crippen molar-refractivity contribution in [1.82, 2.24) is 0 Å². The number of rotatable bonds is 1. The fourth-order valence-corrected chi connectivity index (χ4v) is 10.7. The summed E-state index contributed by atoms with van der Waals surface area (Å²) in [6.45, 7) is 16.8. The van der Waals surface area contributed by atoms with E-state index in [-0.39, 0.29) is 32.9 Å². The third-order valence-corrected chi connectivity index (χ3v) is 12.8. The summed E-state index contributed by atoms with van der Waals surface area (Å²) < 4.78 is 0. The third-order valence-electron chi connectivity index (χ3n) is 12.8. The minimum atomic E-state index is -0.815. The molecule has 0 saturated heterocycles. The maximum absolute atomic E-state index is 13.0. The van der Waals surface area contributed by atoms with Crippen LogP contribution in [-0.2, 0) is 4.79 Å². The number of carbonyl (C=O) groups is 1. The van der Waals surface area contributed by atoms with E-state index >= 15 is 0 Å². The lowest BCUT2D eigenvalue weighted by Gasteiger charge is -2.72. The van der Waals surface area contributed by atoms with E-state index in [0.29, 0.717) is 30.8 Å². The molecule has 4 fully saturated rings. The molecular weight excluding hydrogens is 408 g/mol. The molecule has 0 bridgehead atoms. The van der Waals surface area contributed by atoms with Gasteiger partial charge in [0.2, 0.25) is 0 Å². The number of ketones is 1. The van der Waals surface area contributed by atoms with Crippen LogP contribution >= 0.6 is 0 Å². The molecule has 5 aliphatic carbocycles. The first kappa shape index (κ1) is 24.0. The van der Waals surface area contributed by atoms with Gasteiger partial charge in [-0.1, -0.05) is 60.1 Å². The fourth-order valence-electron chi connectivity index (χ4n) is 10.7. The van der Waals surface area contributed by atoms with Gasteiger partial charge in [-0.3, -0.25) is 4.79 Å². The summed E-state index contributed by atoms with van der Waals surface area (Å²) in [5, 5.41) is 21.5. The normalized spacial score (nSPS) is 52.6. The van der Waals surface area contributed by atoms with Crippen molar-refractivity contribution >= 4 is 5.78 Å². The second-order valence-electron chi connectivity index (χ2n) is 14.9. The summed E-state index contributed by atoms with van der Waals surface area (Å²) in [5.74, 6) is 1.49. The van der Waals surface area contributed by atoms with Crippen molar-refractivity contribution in [2.45, 2.75) is 112 Å². The lowest BCUT2D eigenvalue weighted by molar-refractivity contribution is -0.222. The molecule has 8 atom stereocenters. The molecule has 5 aliphatic rings. The Hall–Kier alpha value is -0.670. The van der Waals surface area contributed by atoms with Crippen LogP contribution in [0.15, 0.2) is 11.6 Å². The SMILES string of the molecule is CC1(C)C=C2[C@H]3CC[C@@H]4[C@@]5(C)C[C@@H](O)C(=O)C(C)(C)[C@@H]5CC[C@@]4(C)[C@]3(C)CC[C@@]2(CO)CC1. The van der Waals surface area contributed by atoms with E-state index in [1.54, 1.807) is 5.57 Å². The Morgan fingerprint density at radius 1 is 0.848 bits per heavy atom. The summed E-state index contributed by atoms with van der Waals surface area (Å²) in [6, 6.07) is 0. The first-order valence-electron chi connectivity index (χ1n) is 13.7. The molecule has 0 spiro atoms. The van der Waals surface area contributed by atoms with Crippen LogP contribution in [0.25, 0.3) is 0 Å². The van der Waals surface area contributed by atoms with E-state index in [1.807, 2.05) is 0 Å². The molecule has 0 radical (unpaired) electrons. The Kier molecular flexibility index (Phi) is 5.07. The Balaban J connectivity index is 1.58. The zero-order chi connectivity index (χ0) is 24.2. The Morgan fingerprint density at radius 2 is 1.52 bits per heavy atom. The van der Waals surface area contributed by atoms with Crippen LogP contribution in [0.2, 0.25) is 0 Å². The number of hydrogen-bond acceptors (Lipinski definition) is 3. The Labute approximate surface area is 201 Å². The quantitative estimate of drug-likeness (QED) is 0.454. The van der Waals surface area contributed by atoms with Gasteiger partial charge in [-0.15, -0.1) is 0 Å². The Bertz CT molecular complexity index is 885. The number of Topliss-reactive ketones (excluding diaryl/α,β-unsaturated/α-hetero) is 1. The number of hydrogen-bond donors (Lipinski definition) is 2. The highest BCUT2D eigenvalue weighted by Gasteiger charge is 2.69. The zero-order valence-electron chi connectivity index (χ0n) is 22.3. The predicted molar refractivity (Wildman–Crippen MR) is 133 cm³/mol. The smallest absolute Gasteiger partial charge is 0.167 e. The van der Waals surface area contributed by atoms with Gasteiger partial charge in [0.15, 0.2) is 5.78 Å². The lowest BCUT2D eigenvalue weighted by atomic mass is 9.32. The van der Waals surface area contributed by atoms with Gasteiger partial charge in [-0.2, -0.15) is 0 Å². The van der Waals surface area contributed by atoms with Gasteiger partial charge >= 0.3 is 0 Å². The van der Waals surface area contributed by atoms with Crippen molar-refractivity contribution in [3.63, 3.8) is 0 Å². The van der Waals surface area contributed by atoms with E-state index in [0.717, 1.165) is 19.3 Å². The molecule has 0 aliphatic heterocycles. The average Bonchev–Trinajstić information content (AvgIpc) is 2.72. The van der Waals surface area contributed by atoms with Crippen molar-refractivity contribution in [2.75, 3.05) is 6.61 Å². The van der Waals surface area contributed by atoms with Gasteiger partial charge in [0, 0.05) is 10.8 Å². The van der Waals surface area contributed by atoms with Crippen LogP contribution in [0.3, 0.4) is 0 Å². The van der Waals surface area contributed by atoms with Crippen LogP contribution in [-0.4, -0.2) is 28.7 Å². The third kappa shape index (κ3) is 2.90. The molecule has 186 valence electrons. The van der Waals surface area contributed by atoms with Crippen molar-refractivity contribution in [3.05, 3.63) is 11.6 Å². The molecule has 3 heteroatoms. The van der Waals surface area contributed by atoms with Gasteiger partial charge in [0.1, 0.15) is 6.10 Å². The van der Waals surface area contributed by atoms with Crippen LogP contribution in [0, 0.1) is 50.2 Å². The van der Waals surface area contributed by atoms with Crippen molar-refractivity contribution in [3.8, 4) is 0 Å². The topological polar surface area (TPSA) is 57.5 Å². The van der Waals surface area contributed by atoms with Crippen molar-refractivity contribution < 1.29 is 15.0 Å². The maximum Gasteiger partial charge on any atom is 0.167 e. The highest BCUT2D eigenvalue weighted by molar-refractivity contribution is 5.89. The molecule has 0 aromatic carbocycles. The highest BCUT2D eigenvalue weighted by Crippen LogP contribution is 2.76. The number of aliphatic hydroxyl groups excluding tert-OH is 2. The molecule has 0 amide bonds. The van der Waals surface area contributed by atoms with Gasteiger partial charge in [0.05, 0.1) is 6.61 Å². The van der Waals surface area contributed by atoms with E-state index in [2.05, 4.69) is 54.5 Å². The van der Waals surface area contributed by atoms with Gasteiger partial charge < -0.3 is 10.2 Å². The van der Waals surface area contributed by atoms with Crippen molar-refractivity contribution in [2.24, 2.45) is 50.2 Å². The second-order valence-corrected chi connectivity index (χ2v) is 14.9. The average molecular weight is 457 g/mol. The number of fused-ring (bicyclic) bond motifs is 7. The summed E-state index contributed by atoms with van der Waals surface area (Å²) in [4.78, 5) is 13.0. The molecular formula is C30H48O3. The van der Waals surface area contributed by atoms with Crippen LogP contribution in [0.1, 0.15) is 106 Å². The number of aliphatic hydroxyl groups is 2. The summed E-state index contributed by atoms with van der Waals surface area (Å²) in [6.07, 6.45) is 11.6. The molecule has 0 aromatic heterocycles. The first-order chi connectivity index (χ1) is 15.2. The summed E-state index contributed by atoms with van der Waals surface area (Å²) in [7, 11) is 0. The largest absolute Gasteiger partial charge is 0.395 e. The van der Waals surface area contributed by atoms with E-state index < -0.39 is 11.5 Å². The van der Waals surface area contributed by atoms with Crippen molar-refractivity contribution in [1.29, 1.82) is 0 Å². The molecule has 33 heavy (non-hydrogen) atoms. The maximum atomic E-state index is 13.0. The van der Waals surface area contributed by atoms with Gasteiger partial charge in [-0.25, -0.2) is 0 Å². The monoisotopic (exact) mass is 456 g/mol. The van der Waals surface area contributed by atoms with Crippen LogP contribution < -0.4 is 0 Å². The van der Waals surface area contributed by atoms with Crippen LogP contribution in [0.4, 0.5) is 0 Å². The summed E-state index contributed by atoms with van der Waals surface area (Å²) in [5.41, 5.74) is 1.76. The summed E-state index contributed by atoms with van der Waals surface area (Å²) >= 11 is 0. The van der Waals surface area contributed by atoms with Gasteiger partial charge in [0.25, 0.3) is 0 Å². The molecule has 3 nitrogen and oxygen atoms in total. The van der Waals surface area contributed by atoms with E-state index in [1.165, 1.54) is 32.1 Å². The van der Waals surface area contributed by atoms with E-state index in [9.17, 15) is 15.0 Å². The minimum Gasteiger partial charge on any atom is -0.395 e. The Morgan fingerprint density at radius 3 is 2.18 bits per heavy atom. The highest BCUT2D eigenvalue weighted by atomic mass is 16.3. The first-order valence-corrected chi connectivity index (χ1v) is 13.7. The van der Waals surface area contributed by atoms with Gasteiger partial charge in [-0.05, 0) is 97.2 Å². The molecule has 0 heterocycles. The number of allylic oxidation sites excluding steroid dienone is 1. The van der Waals surface area contributed by atoms with Crippen LogP contribution in [0.5, 0.6) is 0 Å². The molecule has 0 unspecified atom stereocenters.